The van der Waals surface area contributed by atoms with Crippen molar-refractivity contribution in [3.63, 3.8) is 0 Å². The lowest BCUT2D eigenvalue weighted by molar-refractivity contribution is 0.356. The van der Waals surface area contributed by atoms with E-state index in [-0.39, 0.29) is 5.54 Å². The molecule has 0 amide bonds. The van der Waals surface area contributed by atoms with E-state index in [4.69, 9.17) is 5.73 Å². The van der Waals surface area contributed by atoms with Gasteiger partial charge in [-0.2, -0.15) is 0 Å². The topological polar surface area (TPSA) is 26.0 Å². The summed E-state index contributed by atoms with van der Waals surface area (Å²) in [6.45, 7) is 8.56. The molecule has 0 radical (unpaired) electrons. The minimum absolute atomic E-state index is 0.168. The highest BCUT2D eigenvalue weighted by atomic mass is 32.1. The van der Waals surface area contributed by atoms with E-state index in [2.05, 4.69) is 39.1 Å². The summed E-state index contributed by atoms with van der Waals surface area (Å²) in [6.07, 6.45) is 0. The number of aryl methyl sites for hydroxylation is 1. The third-order valence-electron chi connectivity index (χ3n) is 2.55. The Bertz CT molecular complexity index is 261. The maximum Gasteiger partial charge on any atom is 0.0501 e. The maximum atomic E-state index is 6.24. The number of rotatable bonds is 2. The fourth-order valence-electron chi connectivity index (χ4n) is 1.19. The summed E-state index contributed by atoms with van der Waals surface area (Å²) in [7, 11) is 0. The minimum atomic E-state index is -0.168. The van der Waals surface area contributed by atoms with Crippen molar-refractivity contribution in [2.45, 2.75) is 33.2 Å². The van der Waals surface area contributed by atoms with Gasteiger partial charge in [0.1, 0.15) is 0 Å². The largest absolute Gasteiger partial charge is 0.321 e. The molecule has 1 heterocycles. The van der Waals surface area contributed by atoms with E-state index >= 15 is 0 Å². The summed E-state index contributed by atoms with van der Waals surface area (Å²) in [5, 5.41) is 2.11. The first-order chi connectivity index (χ1) is 5.46. The zero-order valence-electron chi connectivity index (χ0n) is 8.22. The Hall–Kier alpha value is -0.340. The SMILES string of the molecule is Cc1ccsc1C(C)(N)C(C)C. The van der Waals surface area contributed by atoms with E-state index < -0.39 is 0 Å². The van der Waals surface area contributed by atoms with Crippen LogP contribution in [-0.4, -0.2) is 0 Å². The second-order valence-electron chi connectivity index (χ2n) is 3.87. The first-order valence-corrected chi connectivity index (χ1v) is 5.17. The zero-order chi connectivity index (χ0) is 9.35. The molecule has 0 aliphatic rings. The molecule has 0 fully saturated rings. The molecule has 68 valence electrons. The van der Waals surface area contributed by atoms with Crippen LogP contribution in [0.1, 0.15) is 31.2 Å². The molecule has 12 heavy (non-hydrogen) atoms. The molecule has 0 aliphatic carbocycles. The van der Waals surface area contributed by atoms with Crippen molar-refractivity contribution in [2.75, 3.05) is 0 Å². The van der Waals surface area contributed by atoms with Crippen LogP contribution in [0.2, 0.25) is 0 Å². The standard InChI is InChI=1S/C10H17NS/c1-7(2)10(4,11)9-8(3)5-6-12-9/h5-7H,11H2,1-4H3. The Kier molecular flexibility index (Phi) is 2.59. The van der Waals surface area contributed by atoms with E-state index in [0.29, 0.717) is 5.92 Å². The molecular weight excluding hydrogens is 166 g/mol. The van der Waals surface area contributed by atoms with Crippen LogP contribution in [0.3, 0.4) is 0 Å². The second-order valence-corrected chi connectivity index (χ2v) is 4.79. The first kappa shape index (κ1) is 9.75. The highest BCUT2D eigenvalue weighted by Crippen LogP contribution is 2.32. The number of nitrogens with two attached hydrogens (primary N) is 1. The summed E-state index contributed by atoms with van der Waals surface area (Å²) < 4.78 is 0. The first-order valence-electron chi connectivity index (χ1n) is 4.29. The predicted molar refractivity (Wildman–Crippen MR) is 55.4 cm³/mol. The van der Waals surface area contributed by atoms with Gasteiger partial charge in [-0.05, 0) is 36.8 Å². The van der Waals surface area contributed by atoms with Gasteiger partial charge in [0.2, 0.25) is 0 Å². The molecule has 0 aromatic carbocycles. The van der Waals surface area contributed by atoms with Gasteiger partial charge in [-0.25, -0.2) is 0 Å². The molecule has 0 aliphatic heterocycles. The molecule has 1 atom stereocenters. The Morgan fingerprint density at radius 2 is 2.08 bits per heavy atom. The predicted octanol–water partition coefficient (Wildman–Crippen LogP) is 2.89. The monoisotopic (exact) mass is 183 g/mol. The number of hydrogen-bond donors (Lipinski definition) is 1. The summed E-state index contributed by atoms with van der Waals surface area (Å²) >= 11 is 1.76. The lowest BCUT2D eigenvalue weighted by atomic mass is 9.86. The fourth-order valence-corrected chi connectivity index (χ4v) is 2.34. The van der Waals surface area contributed by atoms with E-state index in [0.717, 1.165) is 0 Å². The fraction of sp³-hybridized carbons (Fsp3) is 0.600. The van der Waals surface area contributed by atoms with Crippen molar-refractivity contribution in [3.05, 3.63) is 21.9 Å². The normalized spacial score (nSPS) is 16.5. The lowest BCUT2D eigenvalue weighted by Gasteiger charge is -2.28. The van der Waals surface area contributed by atoms with Gasteiger partial charge in [-0.15, -0.1) is 11.3 Å². The molecule has 1 unspecified atom stereocenters. The average molecular weight is 183 g/mol. The van der Waals surface area contributed by atoms with Crippen LogP contribution in [0, 0.1) is 12.8 Å². The van der Waals surface area contributed by atoms with Crippen LogP contribution < -0.4 is 5.73 Å². The van der Waals surface area contributed by atoms with Gasteiger partial charge in [0.25, 0.3) is 0 Å². The summed E-state index contributed by atoms with van der Waals surface area (Å²) in [4.78, 5) is 1.32. The van der Waals surface area contributed by atoms with Crippen LogP contribution >= 0.6 is 11.3 Å². The molecule has 0 saturated heterocycles. The highest BCUT2D eigenvalue weighted by molar-refractivity contribution is 7.10. The van der Waals surface area contributed by atoms with Crippen LogP contribution in [0.25, 0.3) is 0 Å². The van der Waals surface area contributed by atoms with Gasteiger partial charge in [-0.3, -0.25) is 0 Å². The third kappa shape index (κ3) is 1.54. The minimum Gasteiger partial charge on any atom is -0.321 e. The van der Waals surface area contributed by atoms with Gasteiger partial charge < -0.3 is 5.73 Å². The Labute approximate surface area is 78.6 Å². The summed E-state index contributed by atoms with van der Waals surface area (Å²) in [5.41, 5.74) is 7.39. The smallest absolute Gasteiger partial charge is 0.0501 e. The van der Waals surface area contributed by atoms with E-state index in [1.54, 1.807) is 11.3 Å². The van der Waals surface area contributed by atoms with Gasteiger partial charge in [-0.1, -0.05) is 13.8 Å². The van der Waals surface area contributed by atoms with Gasteiger partial charge in [0, 0.05) is 4.88 Å². The van der Waals surface area contributed by atoms with Crippen molar-refractivity contribution in [3.8, 4) is 0 Å². The van der Waals surface area contributed by atoms with Crippen molar-refractivity contribution >= 4 is 11.3 Å². The molecule has 1 aromatic rings. The van der Waals surface area contributed by atoms with Crippen molar-refractivity contribution < 1.29 is 0 Å². The molecule has 2 N–H and O–H groups in total. The van der Waals surface area contributed by atoms with E-state index in [9.17, 15) is 0 Å². The Morgan fingerprint density at radius 1 is 1.50 bits per heavy atom. The van der Waals surface area contributed by atoms with E-state index in [1.165, 1.54) is 10.4 Å². The van der Waals surface area contributed by atoms with Crippen molar-refractivity contribution in [1.82, 2.24) is 0 Å². The molecule has 0 saturated carbocycles. The Balaban J connectivity index is 3.05. The molecule has 0 spiro atoms. The van der Waals surface area contributed by atoms with Crippen LogP contribution in [-0.2, 0) is 5.54 Å². The quantitative estimate of drug-likeness (QED) is 0.749. The highest BCUT2D eigenvalue weighted by Gasteiger charge is 2.27. The lowest BCUT2D eigenvalue weighted by Crippen LogP contribution is -2.38. The Morgan fingerprint density at radius 3 is 2.42 bits per heavy atom. The number of hydrogen-bond acceptors (Lipinski definition) is 2. The molecule has 1 aromatic heterocycles. The molecule has 1 nitrogen and oxygen atoms in total. The molecular formula is C10H17NS. The van der Waals surface area contributed by atoms with Crippen molar-refractivity contribution in [2.24, 2.45) is 11.7 Å². The van der Waals surface area contributed by atoms with Gasteiger partial charge >= 0.3 is 0 Å². The maximum absolute atomic E-state index is 6.24. The number of thiophene rings is 1. The van der Waals surface area contributed by atoms with E-state index in [1.807, 2.05) is 0 Å². The van der Waals surface area contributed by atoms with Crippen molar-refractivity contribution in [1.29, 1.82) is 0 Å². The van der Waals surface area contributed by atoms with Crippen LogP contribution in [0.15, 0.2) is 11.4 Å². The van der Waals surface area contributed by atoms with Crippen LogP contribution in [0.4, 0.5) is 0 Å². The zero-order valence-corrected chi connectivity index (χ0v) is 9.03. The van der Waals surface area contributed by atoms with Gasteiger partial charge in [0.05, 0.1) is 5.54 Å². The molecule has 2 heteroatoms. The third-order valence-corrected chi connectivity index (χ3v) is 3.82. The summed E-state index contributed by atoms with van der Waals surface area (Å²) in [6, 6.07) is 2.13. The molecule has 0 bridgehead atoms. The average Bonchev–Trinajstić information content (AvgIpc) is 2.35. The second kappa shape index (κ2) is 3.19. The van der Waals surface area contributed by atoms with Gasteiger partial charge in [0.15, 0.2) is 0 Å². The molecule has 1 rings (SSSR count). The summed E-state index contributed by atoms with van der Waals surface area (Å²) in [5.74, 6) is 0.481. The van der Waals surface area contributed by atoms with Crippen LogP contribution in [0.5, 0.6) is 0 Å².